The molecule has 0 fully saturated rings. The van der Waals surface area contributed by atoms with Crippen LogP contribution in [0.1, 0.15) is 22.7 Å². The third-order valence-electron chi connectivity index (χ3n) is 3.45. The average Bonchev–Trinajstić information content (AvgIpc) is 2.81. The van der Waals surface area contributed by atoms with Gasteiger partial charge in [0.2, 0.25) is 0 Å². The number of nitrogens with zero attached hydrogens (tertiary/aromatic N) is 2. The van der Waals surface area contributed by atoms with Crippen LogP contribution in [0.4, 0.5) is 5.82 Å². The summed E-state index contributed by atoms with van der Waals surface area (Å²) in [6.45, 7) is 0. The van der Waals surface area contributed by atoms with Gasteiger partial charge in [0.1, 0.15) is 5.82 Å². The van der Waals surface area contributed by atoms with E-state index in [1.54, 1.807) is 6.20 Å². The van der Waals surface area contributed by atoms with Crippen LogP contribution < -0.4 is 5.32 Å². The van der Waals surface area contributed by atoms with Gasteiger partial charge in [-0.05, 0) is 42.0 Å². The average molecular weight is 260 g/mol. The van der Waals surface area contributed by atoms with Crippen molar-refractivity contribution in [3.63, 3.8) is 0 Å². The molecule has 1 aliphatic rings. The molecular weight excluding hydrogens is 246 g/mol. The van der Waals surface area contributed by atoms with Crippen molar-refractivity contribution in [2.75, 3.05) is 12.4 Å². The molecule has 92 valence electrons. The number of hydrogen-bond acceptors (Lipinski definition) is 3. The molecule has 1 N–H and O–H groups in total. The Hall–Kier alpha value is -1.61. The van der Waals surface area contributed by atoms with E-state index in [4.69, 9.17) is 11.6 Å². The predicted octanol–water partition coefficient (Wildman–Crippen LogP) is 3.05. The van der Waals surface area contributed by atoms with Gasteiger partial charge in [0, 0.05) is 25.1 Å². The molecule has 1 aliphatic carbocycles. The number of fused-ring (bicyclic) bond motifs is 1. The fraction of sp³-hybridized carbons (Fsp3) is 0.286. The van der Waals surface area contributed by atoms with E-state index in [1.165, 1.54) is 11.1 Å². The van der Waals surface area contributed by atoms with Crippen molar-refractivity contribution >= 4 is 17.4 Å². The van der Waals surface area contributed by atoms with E-state index in [2.05, 4.69) is 21.4 Å². The van der Waals surface area contributed by atoms with Crippen molar-refractivity contribution in [3.8, 4) is 0 Å². The number of hydrogen-bond donors (Lipinski definition) is 1. The lowest BCUT2D eigenvalue weighted by atomic mass is 9.97. The minimum Gasteiger partial charge on any atom is -0.373 e. The molecule has 0 saturated heterocycles. The Bertz CT molecular complexity index is 583. The van der Waals surface area contributed by atoms with Crippen molar-refractivity contribution in [2.24, 2.45) is 0 Å². The van der Waals surface area contributed by atoms with E-state index in [9.17, 15) is 0 Å². The fourth-order valence-corrected chi connectivity index (χ4v) is 2.80. The molecule has 0 radical (unpaired) electrons. The van der Waals surface area contributed by atoms with Crippen LogP contribution in [-0.4, -0.2) is 17.0 Å². The van der Waals surface area contributed by atoms with Crippen molar-refractivity contribution < 1.29 is 0 Å². The van der Waals surface area contributed by atoms with E-state index >= 15 is 0 Å². The van der Waals surface area contributed by atoms with E-state index in [1.807, 2.05) is 25.4 Å². The molecule has 0 bridgehead atoms. The maximum atomic E-state index is 5.99. The number of pyridine rings is 2. The van der Waals surface area contributed by atoms with Crippen LogP contribution >= 0.6 is 11.6 Å². The highest BCUT2D eigenvalue weighted by Crippen LogP contribution is 2.36. The summed E-state index contributed by atoms with van der Waals surface area (Å²) < 4.78 is 0. The highest BCUT2D eigenvalue weighted by Gasteiger charge is 2.26. The molecule has 0 aromatic carbocycles. The lowest BCUT2D eigenvalue weighted by Gasteiger charge is -2.13. The first-order chi connectivity index (χ1) is 8.78. The molecule has 2 aromatic heterocycles. The molecule has 3 rings (SSSR count). The Balaban J connectivity index is 1.93. The zero-order valence-electron chi connectivity index (χ0n) is 10.2. The molecule has 18 heavy (non-hydrogen) atoms. The van der Waals surface area contributed by atoms with Crippen LogP contribution in [0.3, 0.4) is 0 Å². The minimum absolute atomic E-state index is 0.446. The zero-order valence-corrected chi connectivity index (χ0v) is 10.9. The first kappa shape index (κ1) is 11.5. The lowest BCUT2D eigenvalue weighted by Crippen LogP contribution is -2.04. The summed E-state index contributed by atoms with van der Waals surface area (Å²) in [6, 6.07) is 6.15. The molecule has 1 unspecified atom stereocenters. The summed E-state index contributed by atoms with van der Waals surface area (Å²) in [5.41, 5.74) is 3.68. The van der Waals surface area contributed by atoms with Gasteiger partial charge in [-0.3, -0.25) is 4.98 Å². The molecule has 1 atom stereocenters. The minimum atomic E-state index is 0.446. The number of anilines is 1. The molecule has 0 spiro atoms. The maximum Gasteiger partial charge on any atom is 0.129 e. The normalized spacial score (nSPS) is 17.6. The third-order valence-corrected chi connectivity index (χ3v) is 3.65. The van der Waals surface area contributed by atoms with Gasteiger partial charge >= 0.3 is 0 Å². The zero-order chi connectivity index (χ0) is 12.5. The van der Waals surface area contributed by atoms with E-state index in [0.29, 0.717) is 5.92 Å². The molecular formula is C14H14ClN3. The quantitative estimate of drug-likeness (QED) is 0.901. The Morgan fingerprint density at radius 3 is 3.06 bits per heavy atom. The van der Waals surface area contributed by atoms with Gasteiger partial charge in [-0.25, -0.2) is 4.98 Å². The smallest absolute Gasteiger partial charge is 0.129 e. The van der Waals surface area contributed by atoms with E-state index in [-0.39, 0.29) is 0 Å². The molecule has 4 heteroatoms. The van der Waals surface area contributed by atoms with Crippen LogP contribution in [-0.2, 0) is 12.8 Å². The first-order valence-electron chi connectivity index (χ1n) is 6.04. The van der Waals surface area contributed by atoms with Crippen LogP contribution in [0.15, 0.2) is 30.6 Å². The SMILES string of the molecule is CNc1ncccc1C1Cc2cc(Cl)cnc2C1. The second-order valence-electron chi connectivity index (χ2n) is 4.56. The van der Waals surface area contributed by atoms with Crippen LogP contribution in [0.25, 0.3) is 0 Å². The second kappa shape index (κ2) is 4.58. The topological polar surface area (TPSA) is 37.8 Å². The molecule has 0 saturated carbocycles. The van der Waals surface area contributed by atoms with E-state index in [0.717, 1.165) is 29.4 Å². The Kier molecular flexibility index (Phi) is 2.92. The van der Waals surface area contributed by atoms with Crippen LogP contribution in [0.5, 0.6) is 0 Å². The monoisotopic (exact) mass is 259 g/mol. The van der Waals surface area contributed by atoms with Gasteiger partial charge in [0.15, 0.2) is 0 Å². The number of aromatic nitrogens is 2. The number of nitrogens with one attached hydrogen (secondary N) is 1. The first-order valence-corrected chi connectivity index (χ1v) is 6.41. The Morgan fingerprint density at radius 1 is 1.33 bits per heavy atom. The van der Waals surface area contributed by atoms with Crippen LogP contribution in [0, 0.1) is 0 Å². The molecule has 0 amide bonds. The highest BCUT2D eigenvalue weighted by atomic mass is 35.5. The summed E-state index contributed by atoms with van der Waals surface area (Å²) in [5, 5.41) is 3.87. The van der Waals surface area contributed by atoms with Gasteiger partial charge in [0.25, 0.3) is 0 Å². The molecule has 0 aliphatic heterocycles. The third kappa shape index (κ3) is 1.95. The Labute approximate surface area is 111 Å². The molecule has 2 heterocycles. The summed E-state index contributed by atoms with van der Waals surface area (Å²) in [4.78, 5) is 8.78. The molecule has 2 aromatic rings. The summed E-state index contributed by atoms with van der Waals surface area (Å²) >= 11 is 5.99. The van der Waals surface area contributed by atoms with Gasteiger partial charge < -0.3 is 5.32 Å². The van der Waals surface area contributed by atoms with Crippen molar-refractivity contribution in [3.05, 3.63) is 52.4 Å². The standard InChI is InChI=1S/C14H14ClN3/c1-16-14-12(3-2-4-17-14)9-5-10-6-11(15)8-18-13(10)7-9/h2-4,6,8-9H,5,7H2,1H3,(H,16,17). The number of halogens is 1. The lowest BCUT2D eigenvalue weighted by molar-refractivity contribution is 0.734. The van der Waals surface area contributed by atoms with Gasteiger partial charge in [-0.2, -0.15) is 0 Å². The maximum absolute atomic E-state index is 5.99. The second-order valence-corrected chi connectivity index (χ2v) is 4.99. The van der Waals surface area contributed by atoms with Gasteiger partial charge in [-0.1, -0.05) is 17.7 Å². The number of rotatable bonds is 2. The largest absolute Gasteiger partial charge is 0.373 e. The Morgan fingerprint density at radius 2 is 2.22 bits per heavy atom. The molecule has 3 nitrogen and oxygen atoms in total. The van der Waals surface area contributed by atoms with Crippen LogP contribution in [0.2, 0.25) is 5.02 Å². The summed E-state index contributed by atoms with van der Waals surface area (Å²) in [5.74, 6) is 1.41. The van der Waals surface area contributed by atoms with E-state index < -0.39 is 0 Å². The fourth-order valence-electron chi connectivity index (χ4n) is 2.62. The van der Waals surface area contributed by atoms with Gasteiger partial charge in [0.05, 0.1) is 5.02 Å². The predicted molar refractivity (Wildman–Crippen MR) is 73.2 cm³/mol. The highest BCUT2D eigenvalue weighted by molar-refractivity contribution is 6.30. The van der Waals surface area contributed by atoms with Crippen molar-refractivity contribution in [2.45, 2.75) is 18.8 Å². The van der Waals surface area contributed by atoms with Crippen molar-refractivity contribution in [1.82, 2.24) is 9.97 Å². The van der Waals surface area contributed by atoms with Gasteiger partial charge in [-0.15, -0.1) is 0 Å². The summed E-state index contributed by atoms with van der Waals surface area (Å²) in [6.07, 6.45) is 5.49. The summed E-state index contributed by atoms with van der Waals surface area (Å²) in [7, 11) is 1.91. The van der Waals surface area contributed by atoms with Crippen molar-refractivity contribution in [1.29, 1.82) is 0 Å².